The topological polar surface area (TPSA) is 111 Å². The fourth-order valence-corrected chi connectivity index (χ4v) is 1.74. The van der Waals surface area contributed by atoms with E-state index in [1.165, 1.54) is 32.4 Å². The summed E-state index contributed by atoms with van der Waals surface area (Å²) in [6.07, 6.45) is 0. The molecule has 0 radical (unpaired) electrons. The van der Waals surface area contributed by atoms with E-state index in [4.69, 9.17) is 0 Å². The number of carbonyl (C=O) groups excluding carboxylic acids is 4. The molecule has 0 aliphatic heterocycles. The van der Waals surface area contributed by atoms with Crippen LogP contribution >= 0.6 is 0 Å². The van der Waals surface area contributed by atoms with Gasteiger partial charge >= 0.3 is 23.8 Å². The number of hydrogen-bond donors (Lipinski definition) is 2. The molecular weight excluding hydrogens is 316 g/mol. The molecule has 0 saturated heterocycles. The number of amides is 2. The molecule has 1 aromatic carbocycles. The van der Waals surface area contributed by atoms with Gasteiger partial charge in [0.05, 0.1) is 31.0 Å². The highest BCUT2D eigenvalue weighted by Gasteiger charge is 2.20. The third kappa shape index (κ3) is 5.08. The summed E-state index contributed by atoms with van der Waals surface area (Å²) in [5.41, 5.74) is 0.104. The highest BCUT2D eigenvalue weighted by Crippen LogP contribution is 2.19. The molecule has 2 amide bonds. The predicted octanol–water partition coefficient (Wildman–Crippen LogP) is 0.970. The Hall–Kier alpha value is -2.90. The first-order valence-electron chi connectivity index (χ1n) is 7.20. The second kappa shape index (κ2) is 8.66. The molecule has 8 heteroatoms. The van der Waals surface area contributed by atoms with Gasteiger partial charge < -0.3 is 20.1 Å². The van der Waals surface area contributed by atoms with Crippen LogP contribution in [0, 0.1) is 5.92 Å². The maximum absolute atomic E-state index is 11.9. The van der Waals surface area contributed by atoms with Crippen LogP contribution in [0.5, 0.6) is 0 Å². The third-order valence-electron chi connectivity index (χ3n) is 2.97. The van der Waals surface area contributed by atoms with Crippen molar-refractivity contribution in [3.63, 3.8) is 0 Å². The summed E-state index contributed by atoms with van der Waals surface area (Å²) in [4.78, 5) is 47.0. The first-order chi connectivity index (χ1) is 11.3. The molecule has 24 heavy (non-hydrogen) atoms. The Morgan fingerprint density at radius 3 is 2.17 bits per heavy atom. The second-order valence-corrected chi connectivity index (χ2v) is 5.30. The lowest BCUT2D eigenvalue weighted by Gasteiger charge is -2.12. The molecule has 0 aliphatic rings. The van der Waals surface area contributed by atoms with Crippen molar-refractivity contribution in [2.24, 2.45) is 5.92 Å². The Kier molecular flexibility index (Phi) is 6.91. The maximum Gasteiger partial charge on any atom is 0.339 e. The van der Waals surface area contributed by atoms with Crippen LogP contribution in [0.3, 0.4) is 0 Å². The van der Waals surface area contributed by atoms with Gasteiger partial charge in [-0.05, 0) is 24.1 Å². The summed E-state index contributed by atoms with van der Waals surface area (Å²) in [5, 5.41) is 4.76. The van der Waals surface area contributed by atoms with Gasteiger partial charge in [-0.2, -0.15) is 0 Å². The van der Waals surface area contributed by atoms with Crippen LogP contribution in [-0.2, 0) is 19.1 Å². The molecule has 8 nitrogen and oxygen atoms in total. The first kappa shape index (κ1) is 19.1. The second-order valence-electron chi connectivity index (χ2n) is 5.30. The van der Waals surface area contributed by atoms with Crippen molar-refractivity contribution in [2.45, 2.75) is 13.8 Å². The molecule has 0 aliphatic carbocycles. The largest absolute Gasteiger partial charge is 0.465 e. The van der Waals surface area contributed by atoms with E-state index in [0.29, 0.717) is 6.54 Å². The van der Waals surface area contributed by atoms with Gasteiger partial charge in [0.1, 0.15) is 0 Å². The van der Waals surface area contributed by atoms with E-state index in [2.05, 4.69) is 20.1 Å². The van der Waals surface area contributed by atoms with Crippen LogP contribution in [0.2, 0.25) is 0 Å². The Bertz CT molecular complexity index is 654. The number of esters is 2. The first-order valence-corrected chi connectivity index (χ1v) is 7.20. The SMILES string of the molecule is COC(=O)c1ccc(C(=O)OC)c(NC(=O)C(=O)NCC(C)C)c1. The summed E-state index contributed by atoms with van der Waals surface area (Å²) in [5.74, 6) is -2.99. The highest BCUT2D eigenvalue weighted by atomic mass is 16.5. The van der Waals surface area contributed by atoms with Gasteiger partial charge in [-0.3, -0.25) is 9.59 Å². The molecule has 0 fully saturated rings. The lowest BCUT2D eigenvalue weighted by Crippen LogP contribution is -2.37. The lowest BCUT2D eigenvalue weighted by molar-refractivity contribution is -0.136. The Labute approximate surface area is 139 Å². The van der Waals surface area contributed by atoms with Crippen molar-refractivity contribution in [3.05, 3.63) is 29.3 Å². The maximum atomic E-state index is 11.9. The Balaban J connectivity index is 3.05. The predicted molar refractivity (Wildman–Crippen MR) is 85.6 cm³/mol. The summed E-state index contributed by atoms with van der Waals surface area (Å²) in [6, 6.07) is 3.90. The smallest absolute Gasteiger partial charge is 0.339 e. The molecule has 0 spiro atoms. The standard InChI is InChI=1S/C16H20N2O6/c1-9(2)8-17-13(19)14(20)18-12-7-10(15(21)23-3)5-6-11(12)16(22)24-4/h5-7,9H,8H2,1-4H3,(H,17,19)(H,18,20). The highest BCUT2D eigenvalue weighted by molar-refractivity contribution is 6.40. The number of carbonyl (C=O) groups is 4. The molecular formula is C16H20N2O6. The number of ether oxygens (including phenoxy) is 2. The summed E-state index contributed by atoms with van der Waals surface area (Å²) in [7, 11) is 2.38. The van der Waals surface area contributed by atoms with Crippen molar-refractivity contribution in [2.75, 3.05) is 26.1 Å². The number of anilines is 1. The van der Waals surface area contributed by atoms with Crippen molar-refractivity contribution >= 4 is 29.4 Å². The number of rotatable bonds is 5. The van der Waals surface area contributed by atoms with E-state index in [1.54, 1.807) is 0 Å². The Morgan fingerprint density at radius 2 is 1.62 bits per heavy atom. The van der Waals surface area contributed by atoms with Gasteiger partial charge in [-0.25, -0.2) is 9.59 Å². The van der Waals surface area contributed by atoms with Gasteiger partial charge in [0, 0.05) is 6.54 Å². The zero-order chi connectivity index (χ0) is 18.3. The number of nitrogens with one attached hydrogen (secondary N) is 2. The molecule has 130 valence electrons. The zero-order valence-corrected chi connectivity index (χ0v) is 14.0. The van der Waals surface area contributed by atoms with Gasteiger partial charge in [0.15, 0.2) is 0 Å². The van der Waals surface area contributed by atoms with E-state index in [-0.39, 0.29) is 22.7 Å². The van der Waals surface area contributed by atoms with Crippen LogP contribution in [0.1, 0.15) is 34.6 Å². The quantitative estimate of drug-likeness (QED) is 0.612. The molecule has 1 aromatic rings. The molecule has 0 unspecified atom stereocenters. The van der Waals surface area contributed by atoms with Crippen LogP contribution in [0.4, 0.5) is 5.69 Å². The van der Waals surface area contributed by atoms with Crippen LogP contribution < -0.4 is 10.6 Å². The van der Waals surface area contributed by atoms with E-state index < -0.39 is 23.8 Å². The minimum atomic E-state index is -0.956. The monoisotopic (exact) mass is 336 g/mol. The van der Waals surface area contributed by atoms with Gasteiger partial charge in [-0.1, -0.05) is 13.8 Å². The van der Waals surface area contributed by atoms with Crippen molar-refractivity contribution in [1.82, 2.24) is 5.32 Å². The van der Waals surface area contributed by atoms with Crippen molar-refractivity contribution in [1.29, 1.82) is 0 Å². The minimum Gasteiger partial charge on any atom is -0.465 e. The normalized spacial score (nSPS) is 10.0. The lowest BCUT2D eigenvalue weighted by atomic mass is 10.1. The fraction of sp³-hybridized carbons (Fsp3) is 0.375. The summed E-state index contributed by atoms with van der Waals surface area (Å²) in [6.45, 7) is 4.10. The van der Waals surface area contributed by atoms with Crippen LogP contribution in [0.15, 0.2) is 18.2 Å². The summed E-state index contributed by atoms with van der Waals surface area (Å²) >= 11 is 0. The van der Waals surface area contributed by atoms with E-state index in [1.807, 2.05) is 13.8 Å². The van der Waals surface area contributed by atoms with Crippen LogP contribution in [0.25, 0.3) is 0 Å². The van der Waals surface area contributed by atoms with Gasteiger partial charge in [0.25, 0.3) is 0 Å². The molecule has 0 atom stereocenters. The number of hydrogen-bond acceptors (Lipinski definition) is 6. The molecule has 0 aromatic heterocycles. The van der Waals surface area contributed by atoms with E-state index in [9.17, 15) is 19.2 Å². The average Bonchev–Trinajstić information content (AvgIpc) is 2.57. The summed E-state index contributed by atoms with van der Waals surface area (Å²) < 4.78 is 9.21. The van der Waals surface area contributed by atoms with E-state index >= 15 is 0 Å². The van der Waals surface area contributed by atoms with E-state index in [0.717, 1.165) is 0 Å². The molecule has 2 N–H and O–H groups in total. The van der Waals surface area contributed by atoms with Crippen molar-refractivity contribution in [3.8, 4) is 0 Å². The number of methoxy groups -OCH3 is 2. The third-order valence-corrected chi connectivity index (χ3v) is 2.97. The van der Waals surface area contributed by atoms with Crippen LogP contribution in [-0.4, -0.2) is 44.5 Å². The molecule has 0 saturated carbocycles. The molecule has 1 rings (SSSR count). The average molecular weight is 336 g/mol. The molecule has 0 heterocycles. The fourth-order valence-electron chi connectivity index (χ4n) is 1.74. The minimum absolute atomic E-state index is 0.00941. The zero-order valence-electron chi connectivity index (χ0n) is 14.0. The van der Waals surface area contributed by atoms with Crippen molar-refractivity contribution < 1.29 is 28.7 Å². The molecule has 0 bridgehead atoms. The number of benzene rings is 1. The van der Waals surface area contributed by atoms with Gasteiger partial charge in [0.2, 0.25) is 0 Å². The Morgan fingerprint density at radius 1 is 1.00 bits per heavy atom. The van der Waals surface area contributed by atoms with Gasteiger partial charge in [-0.15, -0.1) is 0 Å².